The van der Waals surface area contributed by atoms with Crippen molar-refractivity contribution in [3.05, 3.63) is 77.7 Å². The number of hydrogen-bond donors (Lipinski definition) is 1. The zero-order chi connectivity index (χ0) is 22.3. The number of aromatic nitrogens is 3. The zero-order valence-corrected chi connectivity index (χ0v) is 19.1. The average molecular weight is 489 g/mol. The van der Waals surface area contributed by atoms with Crippen molar-refractivity contribution in [2.45, 2.75) is 22.4 Å². The largest absolute Gasteiger partial charge is 0.324 e. The molecule has 0 aliphatic rings. The van der Waals surface area contributed by atoms with Crippen molar-refractivity contribution in [2.24, 2.45) is 0 Å². The lowest BCUT2D eigenvalue weighted by molar-refractivity contribution is -0.113. The molecule has 0 radical (unpaired) electrons. The average Bonchev–Trinajstić information content (AvgIpc) is 3.44. The Balaban J connectivity index is 1.49. The Kier molecular flexibility index (Phi) is 7.56. The van der Waals surface area contributed by atoms with Gasteiger partial charge in [0.1, 0.15) is 0 Å². The zero-order valence-electron chi connectivity index (χ0n) is 16.7. The molecule has 32 heavy (non-hydrogen) atoms. The van der Waals surface area contributed by atoms with Gasteiger partial charge in [0.25, 0.3) is 5.76 Å². The fourth-order valence-electron chi connectivity index (χ4n) is 2.98. The Labute approximate surface area is 196 Å². The molecule has 0 aliphatic carbocycles. The second-order valence-electron chi connectivity index (χ2n) is 6.57. The first-order valence-corrected chi connectivity index (χ1v) is 12.3. The Hall–Kier alpha value is -2.69. The quantitative estimate of drug-likeness (QED) is 0.289. The molecule has 10 heteroatoms. The molecule has 2 aromatic carbocycles. The molecular weight excluding hydrogens is 470 g/mol. The van der Waals surface area contributed by atoms with Gasteiger partial charge in [-0.25, -0.2) is 0 Å². The number of rotatable bonds is 9. The number of thiophene rings is 1. The van der Waals surface area contributed by atoms with Crippen molar-refractivity contribution < 1.29 is 13.6 Å². The van der Waals surface area contributed by atoms with Gasteiger partial charge < -0.3 is 5.32 Å². The molecule has 2 aromatic heterocycles. The second-order valence-corrected chi connectivity index (χ2v) is 9.49. The van der Waals surface area contributed by atoms with Crippen molar-refractivity contribution in [3.8, 4) is 10.7 Å². The number of thioether (sulfide) groups is 2. The maximum absolute atomic E-state index is 12.8. The molecule has 0 spiro atoms. The lowest BCUT2D eigenvalue weighted by Gasteiger charge is -2.11. The number of halogens is 2. The minimum absolute atomic E-state index is 0.0744. The van der Waals surface area contributed by atoms with Crippen molar-refractivity contribution >= 4 is 46.5 Å². The lowest BCUT2D eigenvalue weighted by atomic mass is 10.2. The number of benzene rings is 2. The van der Waals surface area contributed by atoms with E-state index < -0.39 is 5.76 Å². The standard InChI is InChI=1S/C22H18F2N4OS3/c23-21(24)32-17-10-5-4-9-16(17)25-19(29)14-31-22-27-26-20(18-11-6-12-30-18)28(22)13-15-7-2-1-3-8-15/h1-12,21H,13-14H2,(H,25,29). The number of anilines is 1. The van der Waals surface area contributed by atoms with E-state index in [0.717, 1.165) is 16.3 Å². The summed E-state index contributed by atoms with van der Waals surface area (Å²) in [4.78, 5) is 13.9. The SMILES string of the molecule is O=C(CSc1nnc(-c2cccs2)n1Cc1ccccc1)Nc1ccccc1SC(F)F. The normalized spacial score (nSPS) is 11.1. The molecule has 0 atom stereocenters. The van der Waals surface area contributed by atoms with E-state index in [1.165, 1.54) is 11.8 Å². The number of alkyl halides is 2. The van der Waals surface area contributed by atoms with Gasteiger partial charge >= 0.3 is 0 Å². The van der Waals surface area contributed by atoms with Crippen LogP contribution < -0.4 is 5.32 Å². The van der Waals surface area contributed by atoms with Crippen molar-refractivity contribution in [1.29, 1.82) is 0 Å². The van der Waals surface area contributed by atoms with E-state index in [4.69, 9.17) is 0 Å². The molecule has 0 saturated heterocycles. The molecule has 164 valence electrons. The predicted octanol–water partition coefficient (Wildman–Crippen LogP) is 6.10. The Bertz CT molecular complexity index is 1170. The van der Waals surface area contributed by atoms with Gasteiger partial charge in [0.2, 0.25) is 5.91 Å². The molecule has 2 heterocycles. The van der Waals surface area contributed by atoms with Crippen LogP contribution in [-0.4, -0.2) is 32.2 Å². The highest BCUT2D eigenvalue weighted by Gasteiger charge is 2.18. The van der Waals surface area contributed by atoms with E-state index in [2.05, 4.69) is 15.5 Å². The summed E-state index contributed by atoms with van der Waals surface area (Å²) >= 11 is 3.24. The monoisotopic (exact) mass is 488 g/mol. The third-order valence-corrected chi connectivity index (χ3v) is 6.97. The molecule has 0 bridgehead atoms. The summed E-state index contributed by atoms with van der Waals surface area (Å²) in [6.07, 6.45) is 0. The molecule has 0 unspecified atom stereocenters. The molecule has 1 amide bonds. The Morgan fingerprint density at radius 2 is 1.81 bits per heavy atom. The summed E-state index contributed by atoms with van der Waals surface area (Å²) in [6.45, 7) is 0.568. The Morgan fingerprint density at radius 3 is 2.56 bits per heavy atom. The summed E-state index contributed by atoms with van der Waals surface area (Å²) in [5, 5.41) is 14.0. The van der Waals surface area contributed by atoms with E-state index in [1.54, 1.807) is 35.6 Å². The highest BCUT2D eigenvalue weighted by Crippen LogP contribution is 2.32. The number of para-hydroxylation sites is 1. The van der Waals surface area contributed by atoms with Crippen LogP contribution in [0.5, 0.6) is 0 Å². The van der Waals surface area contributed by atoms with Crippen molar-refractivity contribution in [3.63, 3.8) is 0 Å². The van der Waals surface area contributed by atoms with E-state index in [-0.39, 0.29) is 11.7 Å². The summed E-state index contributed by atoms with van der Waals surface area (Å²) in [7, 11) is 0. The van der Waals surface area contributed by atoms with E-state index in [0.29, 0.717) is 34.0 Å². The summed E-state index contributed by atoms with van der Waals surface area (Å²) in [6, 6.07) is 20.4. The first kappa shape index (κ1) is 22.5. The van der Waals surface area contributed by atoms with Gasteiger partial charge in [-0.05, 0) is 29.1 Å². The van der Waals surface area contributed by atoms with Crippen LogP contribution in [0.3, 0.4) is 0 Å². The summed E-state index contributed by atoms with van der Waals surface area (Å²) in [5.41, 5.74) is 1.46. The molecule has 1 N–H and O–H groups in total. The molecule has 0 saturated carbocycles. The third kappa shape index (κ3) is 5.76. The predicted molar refractivity (Wildman–Crippen MR) is 127 cm³/mol. The number of nitrogens with one attached hydrogen (secondary N) is 1. The molecule has 4 rings (SSSR count). The van der Waals surface area contributed by atoms with Crippen molar-refractivity contribution in [1.82, 2.24) is 14.8 Å². The maximum atomic E-state index is 12.8. The summed E-state index contributed by atoms with van der Waals surface area (Å²) in [5.74, 6) is -2.05. The molecule has 0 fully saturated rings. The van der Waals surface area contributed by atoms with Gasteiger partial charge in [-0.3, -0.25) is 9.36 Å². The van der Waals surface area contributed by atoms with Crippen LogP contribution in [0.4, 0.5) is 14.5 Å². The van der Waals surface area contributed by atoms with Crippen LogP contribution in [0.1, 0.15) is 5.56 Å². The Morgan fingerprint density at radius 1 is 1.03 bits per heavy atom. The van der Waals surface area contributed by atoms with Crippen LogP contribution in [0.2, 0.25) is 0 Å². The second kappa shape index (κ2) is 10.8. The first-order valence-electron chi connectivity index (χ1n) is 9.57. The van der Waals surface area contributed by atoms with Gasteiger partial charge in [-0.2, -0.15) is 8.78 Å². The minimum Gasteiger partial charge on any atom is -0.324 e. The van der Waals surface area contributed by atoms with Crippen molar-refractivity contribution in [2.75, 3.05) is 11.1 Å². The van der Waals surface area contributed by atoms with E-state index in [9.17, 15) is 13.6 Å². The molecule has 0 aliphatic heterocycles. The summed E-state index contributed by atoms with van der Waals surface area (Å²) < 4.78 is 27.5. The number of carbonyl (C=O) groups excluding carboxylic acids is 1. The van der Waals surface area contributed by atoms with Crippen LogP contribution in [-0.2, 0) is 11.3 Å². The minimum atomic E-state index is -2.56. The van der Waals surface area contributed by atoms with Gasteiger partial charge in [-0.15, -0.1) is 21.5 Å². The van der Waals surface area contributed by atoms with Crippen LogP contribution in [0.25, 0.3) is 10.7 Å². The van der Waals surface area contributed by atoms with Gasteiger partial charge in [-0.1, -0.05) is 72.1 Å². The first-order chi connectivity index (χ1) is 15.6. The molecule has 5 nitrogen and oxygen atoms in total. The van der Waals surface area contributed by atoms with Crippen LogP contribution in [0, 0.1) is 0 Å². The number of hydrogen-bond acceptors (Lipinski definition) is 6. The van der Waals surface area contributed by atoms with E-state index in [1.807, 2.05) is 52.4 Å². The molecular formula is C22H18F2N4OS3. The number of nitrogens with zero attached hydrogens (tertiary/aromatic N) is 3. The number of carbonyl (C=O) groups is 1. The fourth-order valence-corrected chi connectivity index (χ4v) is 5.03. The van der Waals surface area contributed by atoms with E-state index >= 15 is 0 Å². The van der Waals surface area contributed by atoms with Crippen LogP contribution >= 0.6 is 34.9 Å². The smallest absolute Gasteiger partial charge is 0.288 e. The number of amides is 1. The third-order valence-electron chi connectivity index (χ3n) is 4.35. The van der Waals surface area contributed by atoms with Crippen LogP contribution in [0.15, 0.2) is 82.2 Å². The van der Waals surface area contributed by atoms with Gasteiger partial charge in [0.05, 0.1) is 22.9 Å². The molecule has 4 aromatic rings. The van der Waals surface area contributed by atoms with Gasteiger partial charge in [0.15, 0.2) is 11.0 Å². The maximum Gasteiger partial charge on any atom is 0.288 e. The highest BCUT2D eigenvalue weighted by molar-refractivity contribution is 8.00. The highest BCUT2D eigenvalue weighted by atomic mass is 32.2. The topological polar surface area (TPSA) is 59.8 Å². The fraction of sp³-hybridized carbons (Fsp3) is 0.136. The lowest BCUT2D eigenvalue weighted by Crippen LogP contribution is -2.15. The van der Waals surface area contributed by atoms with Gasteiger partial charge in [0, 0.05) is 4.90 Å².